The molecule has 1 atom stereocenters. The molecule has 2 fully saturated rings. The van der Waals surface area contributed by atoms with Crippen LogP contribution in [0.3, 0.4) is 0 Å². The highest BCUT2D eigenvalue weighted by Crippen LogP contribution is 2.29. The van der Waals surface area contributed by atoms with Gasteiger partial charge in [-0.15, -0.1) is 11.8 Å². The van der Waals surface area contributed by atoms with Gasteiger partial charge in [-0.3, -0.25) is 14.5 Å². The Hall–Kier alpha value is -1.79. The van der Waals surface area contributed by atoms with Crippen LogP contribution in [-0.2, 0) is 9.59 Å². The minimum absolute atomic E-state index is 0.0446. The van der Waals surface area contributed by atoms with Crippen molar-refractivity contribution < 1.29 is 9.59 Å². The number of carbonyl (C=O) groups is 2. The SMILES string of the molecule is CC1(C)SCC(C(=O)N2CCN(C/C=C/c3ccccc3)CC2)NC1=O. The molecule has 2 aliphatic heterocycles. The Kier molecular flexibility index (Phi) is 6.04. The molecule has 2 saturated heterocycles. The molecule has 0 spiro atoms. The Balaban J connectivity index is 1.44. The number of nitrogens with one attached hydrogen (secondary N) is 1. The second kappa shape index (κ2) is 8.27. The lowest BCUT2D eigenvalue weighted by Gasteiger charge is -2.39. The van der Waals surface area contributed by atoms with Crippen LogP contribution in [0.5, 0.6) is 0 Å². The fourth-order valence-electron chi connectivity index (χ4n) is 3.14. The van der Waals surface area contributed by atoms with E-state index in [0.717, 1.165) is 32.7 Å². The summed E-state index contributed by atoms with van der Waals surface area (Å²) in [5, 5.41) is 2.89. The summed E-state index contributed by atoms with van der Waals surface area (Å²) in [5.41, 5.74) is 1.20. The lowest BCUT2D eigenvalue weighted by Crippen LogP contribution is -2.60. The van der Waals surface area contributed by atoms with Gasteiger partial charge >= 0.3 is 0 Å². The van der Waals surface area contributed by atoms with E-state index >= 15 is 0 Å². The lowest BCUT2D eigenvalue weighted by molar-refractivity contribution is -0.137. The third kappa shape index (κ3) is 4.68. The maximum atomic E-state index is 12.7. The Bertz CT molecular complexity index is 667. The summed E-state index contributed by atoms with van der Waals surface area (Å²) in [6, 6.07) is 9.88. The summed E-state index contributed by atoms with van der Waals surface area (Å²) in [7, 11) is 0. The standard InChI is InChI=1S/C20H27N3O2S/c1-20(2)19(25)21-17(15-26-20)18(24)23-13-11-22(12-14-23)10-6-9-16-7-4-3-5-8-16/h3-9,17H,10-15H2,1-2H3,(H,21,25)/b9-6+. The van der Waals surface area contributed by atoms with Crippen LogP contribution >= 0.6 is 11.8 Å². The van der Waals surface area contributed by atoms with Crippen molar-refractivity contribution in [2.24, 2.45) is 0 Å². The van der Waals surface area contributed by atoms with Crippen LogP contribution < -0.4 is 5.32 Å². The number of benzene rings is 1. The maximum Gasteiger partial charge on any atom is 0.246 e. The van der Waals surface area contributed by atoms with E-state index in [9.17, 15) is 9.59 Å². The average Bonchev–Trinajstić information content (AvgIpc) is 2.65. The van der Waals surface area contributed by atoms with Gasteiger partial charge in [-0.05, 0) is 19.4 Å². The number of piperazine rings is 1. The van der Waals surface area contributed by atoms with E-state index in [4.69, 9.17) is 0 Å². The van der Waals surface area contributed by atoms with E-state index in [-0.39, 0.29) is 17.9 Å². The van der Waals surface area contributed by atoms with Gasteiger partial charge in [-0.2, -0.15) is 0 Å². The molecule has 1 aromatic carbocycles. The molecule has 0 aliphatic carbocycles. The summed E-state index contributed by atoms with van der Waals surface area (Å²) in [6.07, 6.45) is 4.31. The fraction of sp³-hybridized carbons (Fsp3) is 0.500. The molecule has 0 saturated carbocycles. The zero-order chi connectivity index (χ0) is 18.6. The second-order valence-electron chi connectivity index (χ2n) is 7.29. The topological polar surface area (TPSA) is 52.7 Å². The average molecular weight is 374 g/mol. The van der Waals surface area contributed by atoms with Crippen molar-refractivity contribution in [3.8, 4) is 0 Å². The van der Waals surface area contributed by atoms with Crippen LogP contribution in [0.25, 0.3) is 6.08 Å². The van der Waals surface area contributed by atoms with Crippen LogP contribution in [0.4, 0.5) is 0 Å². The largest absolute Gasteiger partial charge is 0.342 e. The number of carbonyl (C=O) groups excluding carboxylic acids is 2. The molecule has 1 N–H and O–H groups in total. The zero-order valence-corrected chi connectivity index (χ0v) is 16.3. The molecular weight excluding hydrogens is 346 g/mol. The third-order valence-electron chi connectivity index (χ3n) is 4.92. The number of nitrogens with zero attached hydrogens (tertiary/aromatic N) is 2. The van der Waals surface area contributed by atoms with Crippen molar-refractivity contribution in [3.63, 3.8) is 0 Å². The smallest absolute Gasteiger partial charge is 0.246 e. The summed E-state index contributed by atoms with van der Waals surface area (Å²) in [5.74, 6) is 0.662. The van der Waals surface area contributed by atoms with Crippen LogP contribution in [0.15, 0.2) is 36.4 Å². The predicted octanol–water partition coefficient (Wildman–Crippen LogP) is 1.85. The third-order valence-corrected chi connectivity index (χ3v) is 6.33. The maximum absolute atomic E-state index is 12.7. The van der Waals surface area contributed by atoms with Crippen LogP contribution in [0.2, 0.25) is 0 Å². The van der Waals surface area contributed by atoms with Gasteiger partial charge < -0.3 is 10.2 Å². The second-order valence-corrected chi connectivity index (χ2v) is 8.93. The fourth-order valence-corrected chi connectivity index (χ4v) is 4.14. The molecule has 1 aromatic rings. The van der Waals surface area contributed by atoms with E-state index in [1.807, 2.05) is 36.9 Å². The van der Waals surface area contributed by atoms with Crippen molar-refractivity contribution in [2.45, 2.75) is 24.6 Å². The van der Waals surface area contributed by atoms with Gasteiger partial charge in [0.15, 0.2) is 0 Å². The van der Waals surface area contributed by atoms with E-state index in [1.54, 1.807) is 11.8 Å². The molecule has 0 bridgehead atoms. The van der Waals surface area contributed by atoms with E-state index < -0.39 is 4.75 Å². The Morgan fingerprint density at radius 2 is 1.92 bits per heavy atom. The van der Waals surface area contributed by atoms with Crippen LogP contribution in [0, 0.1) is 0 Å². The molecule has 2 amide bonds. The Morgan fingerprint density at radius 3 is 2.58 bits per heavy atom. The highest BCUT2D eigenvalue weighted by Gasteiger charge is 2.39. The summed E-state index contributed by atoms with van der Waals surface area (Å²) in [4.78, 5) is 29.0. The molecule has 26 heavy (non-hydrogen) atoms. The van der Waals surface area contributed by atoms with Gasteiger partial charge in [0.2, 0.25) is 11.8 Å². The van der Waals surface area contributed by atoms with Gasteiger partial charge in [0, 0.05) is 38.5 Å². The molecule has 2 aliphatic rings. The molecule has 5 nitrogen and oxygen atoms in total. The predicted molar refractivity (Wildman–Crippen MR) is 107 cm³/mol. The number of rotatable bonds is 4. The minimum Gasteiger partial charge on any atom is -0.342 e. The van der Waals surface area contributed by atoms with Crippen LogP contribution in [-0.4, -0.2) is 70.9 Å². The summed E-state index contributed by atoms with van der Waals surface area (Å²) >= 11 is 1.56. The van der Waals surface area contributed by atoms with Crippen molar-refractivity contribution in [1.29, 1.82) is 0 Å². The van der Waals surface area contributed by atoms with Crippen molar-refractivity contribution in [2.75, 3.05) is 38.5 Å². The molecule has 0 aromatic heterocycles. The highest BCUT2D eigenvalue weighted by molar-refractivity contribution is 8.01. The van der Waals surface area contributed by atoms with Gasteiger partial charge in [0.1, 0.15) is 6.04 Å². The molecule has 0 radical (unpaired) electrons. The van der Waals surface area contributed by atoms with E-state index in [2.05, 4.69) is 34.5 Å². The number of amides is 2. The lowest BCUT2D eigenvalue weighted by atomic mass is 10.1. The Morgan fingerprint density at radius 1 is 1.23 bits per heavy atom. The van der Waals surface area contributed by atoms with Crippen molar-refractivity contribution in [1.82, 2.24) is 15.1 Å². The number of thioether (sulfide) groups is 1. The number of hydrogen-bond donors (Lipinski definition) is 1. The molecule has 140 valence electrons. The molecule has 3 rings (SSSR count). The molecule has 2 heterocycles. The van der Waals surface area contributed by atoms with Crippen molar-refractivity contribution in [3.05, 3.63) is 42.0 Å². The minimum atomic E-state index is -0.444. The van der Waals surface area contributed by atoms with Gasteiger partial charge in [0.05, 0.1) is 4.75 Å². The first-order valence-electron chi connectivity index (χ1n) is 9.13. The molecule has 1 unspecified atom stereocenters. The van der Waals surface area contributed by atoms with Crippen molar-refractivity contribution >= 4 is 29.7 Å². The quantitative estimate of drug-likeness (QED) is 0.875. The normalized spacial score (nSPS) is 23.8. The molecular formula is C20H27N3O2S. The van der Waals surface area contributed by atoms with E-state index in [0.29, 0.717) is 5.75 Å². The van der Waals surface area contributed by atoms with E-state index in [1.165, 1.54) is 5.56 Å². The first-order chi connectivity index (χ1) is 12.5. The monoisotopic (exact) mass is 373 g/mol. The first kappa shape index (κ1) is 19.0. The van der Waals surface area contributed by atoms with Gasteiger partial charge in [0.25, 0.3) is 0 Å². The molecule has 6 heteroatoms. The number of hydrogen-bond acceptors (Lipinski definition) is 4. The highest BCUT2D eigenvalue weighted by atomic mass is 32.2. The van der Waals surface area contributed by atoms with Gasteiger partial charge in [-0.1, -0.05) is 42.5 Å². The zero-order valence-electron chi connectivity index (χ0n) is 15.5. The Labute approximate surface area is 159 Å². The van der Waals surface area contributed by atoms with Crippen LogP contribution in [0.1, 0.15) is 19.4 Å². The summed E-state index contributed by atoms with van der Waals surface area (Å²) in [6.45, 7) is 7.86. The first-order valence-corrected chi connectivity index (χ1v) is 10.1. The van der Waals surface area contributed by atoms with Gasteiger partial charge in [-0.25, -0.2) is 0 Å². The summed E-state index contributed by atoms with van der Waals surface area (Å²) < 4.78 is -0.444.